The van der Waals surface area contributed by atoms with E-state index in [1.165, 1.54) is 11.9 Å². The molecule has 0 fully saturated rings. The Balaban J connectivity index is 3.25. The molecule has 16 heavy (non-hydrogen) atoms. The van der Waals surface area contributed by atoms with Gasteiger partial charge in [-0.05, 0) is 13.0 Å². The number of aromatic nitrogens is 1. The van der Waals surface area contributed by atoms with Gasteiger partial charge >= 0.3 is 5.97 Å². The predicted molar refractivity (Wildman–Crippen MR) is 47.9 cm³/mol. The summed E-state index contributed by atoms with van der Waals surface area (Å²) in [5.41, 5.74) is -2.78. The minimum atomic E-state index is -3.12. The molecule has 0 unspecified atom stereocenters. The molecule has 1 aromatic heterocycles. The van der Waals surface area contributed by atoms with Gasteiger partial charge in [0, 0.05) is 0 Å². The predicted octanol–water partition coefficient (Wildman–Crippen LogP) is 1.63. The second-order valence-electron chi connectivity index (χ2n) is 2.80. The Labute approximate surface area is 88.0 Å². The summed E-state index contributed by atoms with van der Waals surface area (Å²) in [4.78, 5) is 23.8. The Hall–Kier alpha value is -1.79. The van der Waals surface area contributed by atoms with Gasteiger partial charge in [0.15, 0.2) is 0 Å². The first-order valence-electron chi connectivity index (χ1n) is 4.35. The van der Waals surface area contributed by atoms with Crippen molar-refractivity contribution in [3.63, 3.8) is 0 Å². The molecule has 0 radical (unpaired) electrons. The smallest absolute Gasteiger partial charge is 0.343 e. The molecule has 0 saturated heterocycles. The van der Waals surface area contributed by atoms with E-state index in [0.29, 0.717) is 6.07 Å². The van der Waals surface area contributed by atoms with Gasteiger partial charge in [-0.3, -0.25) is 9.78 Å². The van der Waals surface area contributed by atoms with E-state index in [-0.39, 0.29) is 6.61 Å². The molecule has 0 atom stereocenters. The van der Waals surface area contributed by atoms with E-state index in [1.54, 1.807) is 0 Å². The first-order valence-corrected chi connectivity index (χ1v) is 4.35. The van der Waals surface area contributed by atoms with Gasteiger partial charge in [-0.2, -0.15) is 4.39 Å². The van der Waals surface area contributed by atoms with Crippen LogP contribution in [0.4, 0.5) is 13.2 Å². The maximum Gasteiger partial charge on any atom is 0.343 e. The lowest BCUT2D eigenvalue weighted by Crippen LogP contribution is -2.22. The number of hydrogen-bond donors (Lipinski definition) is 1. The summed E-state index contributed by atoms with van der Waals surface area (Å²) >= 11 is 0. The van der Waals surface area contributed by atoms with Crippen molar-refractivity contribution in [3.05, 3.63) is 33.5 Å². The van der Waals surface area contributed by atoms with Crippen LogP contribution in [0.25, 0.3) is 0 Å². The number of hydrogen-bond acceptors (Lipinski definition) is 3. The third kappa shape index (κ3) is 2.41. The lowest BCUT2D eigenvalue weighted by atomic mass is 10.2. The average molecular weight is 235 g/mol. The van der Waals surface area contributed by atoms with Crippen LogP contribution >= 0.6 is 0 Å². The van der Waals surface area contributed by atoms with Crippen LogP contribution in [0.3, 0.4) is 0 Å². The van der Waals surface area contributed by atoms with Crippen molar-refractivity contribution in [1.82, 2.24) is 4.98 Å². The number of rotatable bonds is 3. The number of pyridine rings is 1. The summed E-state index contributed by atoms with van der Waals surface area (Å²) in [5, 5.41) is 0. The standard InChI is InChI=1S/C9H8F3NO3/c1-2-16-9(15)5-3-4(6(10)11)7(12)13-8(5)14/h3,6H,2H2,1H3,(H,13,14). The highest BCUT2D eigenvalue weighted by molar-refractivity contribution is 5.89. The van der Waals surface area contributed by atoms with E-state index in [2.05, 4.69) is 4.74 Å². The average Bonchev–Trinajstić information content (AvgIpc) is 2.17. The van der Waals surface area contributed by atoms with Crippen molar-refractivity contribution >= 4 is 5.97 Å². The Morgan fingerprint density at radius 1 is 1.56 bits per heavy atom. The fourth-order valence-electron chi connectivity index (χ4n) is 1.04. The lowest BCUT2D eigenvalue weighted by Gasteiger charge is -2.04. The van der Waals surface area contributed by atoms with Crippen LogP contribution in [0.2, 0.25) is 0 Å². The summed E-state index contributed by atoms with van der Waals surface area (Å²) in [7, 11) is 0. The highest BCUT2D eigenvalue weighted by atomic mass is 19.3. The van der Waals surface area contributed by atoms with Crippen LogP contribution < -0.4 is 5.56 Å². The quantitative estimate of drug-likeness (QED) is 0.639. The van der Waals surface area contributed by atoms with Crippen LogP contribution in [0.5, 0.6) is 0 Å². The number of esters is 1. The monoisotopic (exact) mass is 235 g/mol. The number of aromatic amines is 1. The zero-order valence-electron chi connectivity index (χ0n) is 8.22. The fraction of sp³-hybridized carbons (Fsp3) is 0.333. The van der Waals surface area contributed by atoms with Crippen molar-refractivity contribution in [2.24, 2.45) is 0 Å². The summed E-state index contributed by atoms with van der Waals surface area (Å²) in [6.07, 6.45) is -3.12. The van der Waals surface area contributed by atoms with Crippen LogP contribution in [-0.4, -0.2) is 17.6 Å². The van der Waals surface area contributed by atoms with Gasteiger partial charge in [0.2, 0.25) is 5.95 Å². The molecule has 0 saturated carbocycles. The van der Waals surface area contributed by atoms with Crippen LogP contribution in [-0.2, 0) is 4.74 Å². The van der Waals surface area contributed by atoms with E-state index >= 15 is 0 Å². The van der Waals surface area contributed by atoms with Gasteiger partial charge in [-0.15, -0.1) is 0 Å². The number of halogens is 3. The van der Waals surface area contributed by atoms with Crippen molar-refractivity contribution in [3.8, 4) is 0 Å². The number of H-pyrrole nitrogens is 1. The minimum Gasteiger partial charge on any atom is -0.462 e. The van der Waals surface area contributed by atoms with Gasteiger partial charge in [0.25, 0.3) is 12.0 Å². The highest BCUT2D eigenvalue weighted by Gasteiger charge is 2.20. The van der Waals surface area contributed by atoms with Crippen molar-refractivity contribution in [1.29, 1.82) is 0 Å². The highest BCUT2D eigenvalue weighted by Crippen LogP contribution is 2.20. The largest absolute Gasteiger partial charge is 0.462 e. The Morgan fingerprint density at radius 2 is 2.19 bits per heavy atom. The number of alkyl halides is 2. The van der Waals surface area contributed by atoms with Crippen molar-refractivity contribution < 1.29 is 22.7 Å². The SMILES string of the molecule is CCOC(=O)c1cc(C(F)F)c(F)[nH]c1=O. The summed E-state index contributed by atoms with van der Waals surface area (Å²) in [5.74, 6) is -2.52. The van der Waals surface area contributed by atoms with E-state index < -0.39 is 35.0 Å². The van der Waals surface area contributed by atoms with E-state index in [1.807, 2.05) is 0 Å². The Kier molecular flexibility index (Phi) is 3.70. The molecule has 1 N–H and O–H groups in total. The second-order valence-corrected chi connectivity index (χ2v) is 2.80. The normalized spacial score (nSPS) is 10.6. The molecule has 1 heterocycles. The molecular weight excluding hydrogens is 227 g/mol. The molecule has 0 amide bonds. The molecule has 7 heteroatoms. The van der Waals surface area contributed by atoms with Crippen LogP contribution in [0.1, 0.15) is 29.3 Å². The number of nitrogens with one attached hydrogen (secondary N) is 1. The van der Waals surface area contributed by atoms with E-state index in [9.17, 15) is 22.8 Å². The maximum atomic E-state index is 12.8. The molecule has 0 aliphatic rings. The third-order valence-electron chi connectivity index (χ3n) is 1.75. The van der Waals surface area contributed by atoms with Crippen molar-refractivity contribution in [2.45, 2.75) is 13.3 Å². The Bertz CT molecular complexity index is 456. The number of carbonyl (C=O) groups is 1. The fourth-order valence-corrected chi connectivity index (χ4v) is 1.04. The van der Waals surface area contributed by atoms with Gasteiger partial charge < -0.3 is 4.74 Å². The first kappa shape index (κ1) is 12.3. The lowest BCUT2D eigenvalue weighted by molar-refractivity contribution is 0.0523. The summed E-state index contributed by atoms with van der Waals surface area (Å²) in [6, 6.07) is 0.497. The second kappa shape index (κ2) is 4.82. The molecule has 1 rings (SSSR count). The molecule has 88 valence electrons. The zero-order valence-corrected chi connectivity index (χ0v) is 8.22. The van der Waals surface area contributed by atoms with Crippen molar-refractivity contribution in [2.75, 3.05) is 6.61 Å². The maximum absolute atomic E-state index is 12.8. The Morgan fingerprint density at radius 3 is 2.69 bits per heavy atom. The molecule has 0 aliphatic heterocycles. The van der Waals surface area contributed by atoms with Gasteiger partial charge in [0.05, 0.1) is 12.2 Å². The molecule has 0 aliphatic carbocycles. The van der Waals surface area contributed by atoms with Gasteiger partial charge in [0.1, 0.15) is 5.56 Å². The zero-order chi connectivity index (χ0) is 12.3. The molecule has 0 bridgehead atoms. The minimum absolute atomic E-state index is 0.0142. The number of carbonyl (C=O) groups excluding carboxylic acids is 1. The summed E-state index contributed by atoms with van der Waals surface area (Å²) < 4.78 is 41.8. The van der Waals surface area contributed by atoms with Crippen LogP contribution in [0.15, 0.2) is 10.9 Å². The van der Waals surface area contributed by atoms with Gasteiger partial charge in [-0.25, -0.2) is 13.6 Å². The molecule has 0 aromatic carbocycles. The molecule has 1 aromatic rings. The third-order valence-corrected chi connectivity index (χ3v) is 1.75. The van der Waals surface area contributed by atoms with E-state index in [0.717, 1.165) is 0 Å². The molecule has 4 nitrogen and oxygen atoms in total. The van der Waals surface area contributed by atoms with Gasteiger partial charge in [-0.1, -0.05) is 0 Å². The van der Waals surface area contributed by atoms with E-state index in [4.69, 9.17) is 0 Å². The number of ether oxygens (including phenoxy) is 1. The molecule has 0 spiro atoms. The molecular formula is C9H8F3NO3. The summed E-state index contributed by atoms with van der Waals surface area (Å²) in [6.45, 7) is 1.48. The topological polar surface area (TPSA) is 59.2 Å². The first-order chi connectivity index (χ1) is 7.47. The van der Waals surface area contributed by atoms with Crippen LogP contribution in [0, 0.1) is 5.95 Å².